The summed E-state index contributed by atoms with van der Waals surface area (Å²) in [5, 5.41) is 9.30. The summed E-state index contributed by atoms with van der Waals surface area (Å²) in [5.74, 6) is 2.81. The molecule has 2 aromatic carbocycles. The number of nitrogens with zero attached hydrogens (tertiary/aromatic N) is 4. The highest BCUT2D eigenvalue weighted by molar-refractivity contribution is 7.99. The van der Waals surface area contributed by atoms with E-state index < -0.39 is 0 Å². The van der Waals surface area contributed by atoms with Crippen molar-refractivity contribution in [3.8, 4) is 17.2 Å². The summed E-state index contributed by atoms with van der Waals surface area (Å²) in [7, 11) is 0. The fourth-order valence-electron chi connectivity index (χ4n) is 4.44. The van der Waals surface area contributed by atoms with Crippen molar-refractivity contribution in [2.75, 3.05) is 25.5 Å². The van der Waals surface area contributed by atoms with Gasteiger partial charge in [-0.15, -0.1) is 10.2 Å². The van der Waals surface area contributed by atoms with Crippen LogP contribution in [0.1, 0.15) is 42.3 Å². The Balaban J connectivity index is 1.30. The fraction of sp³-hybridized carbons (Fsp3) is 0.400. The highest BCUT2D eigenvalue weighted by Gasteiger charge is 2.31. The van der Waals surface area contributed by atoms with Crippen molar-refractivity contribution < 1.29 is 14.3 Å². The monoisotopic (exact) mass is 464 g/mol. The Morgan fingerprint density at radius 2 is 1.82 bits per heavy atom. The third kappa shape index (κ3) is 4.57. The van der Waals surface area contributed by atoms with Crippen LogP contribution in [0.25, 0.3) is 5.69 Å². The summed E-state index contributed by atoms with van der Waals surface area (Å²) in [5.41, 5.74) is 3.31. The van der Waals surface area contributed by atoms with Crippen molar-refractivity contribution in [3.05, 3.63) is 59.4 Å². The molecule has 1 saturated heterocycles. The number of rotatable bonds is 5. The van der Waals surface area contributed by atoms with Gasteiger partial charge in [-0.25, -0.2) is 0 Å². The minimum absolute atomic E-state index is 0.0620. The van der Waals surface area contributed by atoms with Crippen LogP contribution in [0.5, 0.6) is 11.5 Å². The number of carbonyl (C=O) groups is 1. The third-order valence-corrected chi connectivity index (χ3v) is 7.06. The number of aryl methyl sites for hydroxylation is 2. The zero-order chi connectivity index (χ0) is 22.8. The largest absolute Gasteiger partial charge is 0.490 e. The van der Waals surface area contributed by atoms with Crippen LogP contribution in [0.3, 0.4) is 0 Å². The molecule has 1 unspecified atom stereocenters. The van der Waals surface area contributed by atoms with Gasteiger partial charge < -0.3 is 14.4 Å². The summed E-state index contributed by atoms with van der Waals surface area (Å²) < 4.78 is 13.6. The maximum absolute atomic E-state index is 13.2. The number of fused-ring (bicyclic) bond motifs is 1. The van der Waals surface area contributed by atoms with Crippen LogP contribution in [0.4, 0.5) is 0 Å². The van der Waals surface area contributed by atoms with E-state index in [1.807, 2.05) is 28.5 Å². The first kappa shape index (κ1) is 21.8. The number of thioether (sulfide) groups is 1. The molecule has 1 amide bonds. The maximum atomic E-state index is 13.2. The highest BCUT2D eigenvalue weighted by atomic mass is 32.2. The highest BCUT2D eigenvalue weighted by Crippen LogP contribution is 2.38. The van der Waals surface area contributed by atoms with Crippen LogP contribution in [-0.2, 0) is 4.79 Å². The Hall–Kier alpha value is -3.00. The maximum Gasteiger partial charge on any atom is 0.233 e. The molecule has 5 rings (SSSR count). The van der Waals surface area contributed by atoms with Crippen molar-refractivity contribution in [1.82, 2.24) is 19.7 Å². The number of carbonyl (C=O) groups excluding carboxylic acids is 1. The van der Waals surface area contributed by atoms with E-state index in [0.29, 0.717) is 19.0 Å². The predicted molar refractivity (Wildman–Crippen MR) is 127 cm³/mol. The topological polar surface area (TPSA) is 69.5 Å². The number of hydrogen-bond donors (Lipinski definition) is 0. The fourth-order valence-corrected chi connectivity index (χ4v) is 5.32. The number of aromatic nitrogens is 3. The summed E-state index contributed by atoms with van der Waals surface area (Å²) in [4.78, 5) is 15.2. The van der Waals surface area contributed by atoms with Crippen LogP contribution < -0.4 is 9.47 Å². The Bertz CT molecular complexity index is 1150. The van der Waals surface area contributed by atoms with E-state index in [2.05, 4.69) is 47.5 Å². The molecule has 2 aliphatic rings. The van der Waals surface area contributed by atoms with E-state index in [0.717, 1.165) is 59.5 Å². The zero-order valence-corrected chi connectivity index (χ0v) is 19.8. The molecule has 0 N–H and O–H groups in total. The first-order valence-corrected chi connectivity index (χ1v) is 12.4. The van der Waals surface area contributed by atoms with Gasteiger partial charge in [0.15, 0.2) is 16.7 Å². The average Bonchev–Trinajstić information content (AvgIpc) is 3.38. The van der Waals surface area contributed by atoms with Crippen molar-refractivity contribution in [1.29, 1.82) is 0 Å². The molecule has 1 aromatic heterocycles. The minimum Gasteiger partial charge on any atom is -0.490 e. The molecule has 0 radical (unpaired) electrons. The van der Waals surface area contributed by atoms with E-state index in [9.17, 15) is 4.79 Å². The second-order valence-corrected chi connectivity index (χ2v) is 9.43. The standard InChI is InChI=1S/C25H28N4O3S/c1-17-6-9-20(10-7-17)29-18(2)26-27-25(29)33-16-24(30)28-12-3-5-21(28)19-8-11-22-23(15-19)32-14-4-13-31-22/h6-11,15,21H,3-5,12-14,16H2,1-2H3. The van der Waals surface area contributed by atoms with Gasteiger partial charge in [0.1, 0.15) is 5.82 Å². The second kappa shape index (κ2) is 9.47. The molecule has 3 aromatic rings. The smallest absolute Gasteiger partial charge is 0.233 e. The molecule has 1 atom stereocenters. The Morgan fingerprint density at radius 1 is 1.03 bits per heavy atom. The minimum atomic E-state index is 0.0620. The average molecular weight is 465 g/mol. The zero-order valence-electron chi connectivity index (χ0n) is 19.0. The molecule has 33 heavy (non-hydrogen) atoms. The Labute approximate surface area is 198 Å². The van der Waals surface area contributed by atoms with Crippen molar-refractivity contribution in [3.63, 3.8) is 0 Å². The van der Waals surface area contributed by atoms with Gasteiger partial charge in [0.05, 0.1) is 25.0 Å². The summed E-state index contributed by atoms with van der Waals surface area (Å²) >= 11 is 1.44. The number of likely N-dealkylation sites (tertiary alicyclic amines) is 1. The molecule has 0 aliphatic carbocycles. The lowest BCUT2D eigenvalue weighted by molar-refractivity contribution is -0.129. The number of benzene rings is 2. The van der Waals surface area contributed by atoms with Gasteiger partial charge in [-0.3, -0.25) is 9.36 Å². The number of hydrogen-bond acceptors (Lipinski definition) is 6. The molecule has 172 valence electrons. The second-order valence-electron chi connectivity index (χ2n) is 8.49. The van der Waals surface area contributed by atoms with Gasteiger partial charge >= 0.3 is 0 Å². The molecule has 8 heteroatoms. The third-order valence-electron chi connectivity index (χ3n) is 6.14. The van der Waals surface area contributed by atoms with E-state index in [1.165, 1.54) is 17.3 Å². The van der Waals surface area contributed by atoms with Crippen LogP contribution >= 0.6 is 11.8 Å². The molecule has 3 heterocycles. The molecule has 2 aliphatic heterocycles. The van der Waals surface area contributed by atoms with Crippen LogP contribution in [0.15, 0.2) is 47.6 Å². The molecule has 1 fully saturated rings. The lowest BCUT2D eigenvalue weighted by Crippen LogP contribution is -2.32. The summed E-state index contributed by atoms with van der Waals surface area (Å²) in [6, 6.07) is 14.4. The summed E-state index contributed by atoms with van der Waals surface area (Å²) in [6.45, 7) is 6.08. The van der Waals surface area contributed by atoms with Gasteiger partial charge in [-0.2, -0.15) is 0 Å². The number of amides is 1. The Kier molecular flexibility index (Phi) is 6.26. The van der Waals surface area contributed by atoms with Gasteiger partial charge in [0.2, 0.25) is 5.91 Å². The van der Waals surface area contributed by atoms with E-state index >= 15 is 0 Å². The van der Waals surface area contributed by atoms with Crippen molar-refractivity contribution >= 4 is 17.7 Å². The lowest BCUT2D eigenvalue weighted by atomic mass is 10.0. The summed E-state index contributed by atoms with van der Waals surface area (Å²) in [6.07, 6.45) is 2.82. The molecular formula is C25H28N4O3S. The van der Waals surface area contributed by atoms with Crippen LogP contribution in [0, 0.1) is 13.8 Å². The molecule has 0 bridgehead atoms. The molecule has 7 nitrogen and oxygen atoms in total. The lowest BCUT2D eigenvalue weighted by Gasteiger charge is -2.25. The van der Waals surface area contributed by atoms with E-state index in [1.54, 1.807) is 0 Å². The number of ether oxygens (including phenoxy) is 2. The Morgan fingerprint density at radius 3 is 2.64 bits per heavy atom. The van der Waals surface area contributed by atoms with Gasteiger partial charge in [-0.1, -0.05) is 35.5 Å². The van der Waals surface area contributed by atoms with Gasteiger partial charge in [-0.05, 0) is 56.5 Å². The van der Waals surface area contributed by atoms with Gasteiger partial charge in [0, 0.05) is 18.7 Å². The molecular weight excluding hydrogens is 436 g/mol. The molecule has 0 spiro atoms. The van der Waals surface area contributed by atoms with Crippen LogP contribution in [0.2, 0.25) is 0 Å². The first-order valence-electron chi connectivity index (χ1n) is 11.4. The predicted octanol–water partition coefficient (Wildman–Crippen LogP) is 4.50. The van der Waals surface area contributed by atoms with Gasteiger partial charge in [0.25, 0.3) is 0 Å². The van der Waals surface area contributed by atoms with Crippen molar-refractivity contribution in [2.45, 2.75) is 44.3 Å². The normalized spacial score (nSPS) is 17.8. The first-order chi connectivity index (χ1) is 16.1. The molecule has 0 saturated carbocycles. The van der Waals surface area contributed by atoms with Crippen LogP contribution in [-0.4, -0.2) is 51.1 Å². The SMILES string of the molecule is Cc1ccc(-n2c(C)nnc2SCC(=O)N2CCCC2c2ccc3c(c2)OCCCO3)cc1. The van der Waals surface area contributed by atoms with Crippen molar-refractivity contribution in [2.24, 2.45) is 0 Å². The van der Waals surface area contributed by atoms with E-state index in [4.69, 9.17) is 9.47 Å². The quantitative estimate of drug-likeness (QED) is 0.518. The van der Waals surface area contributed by atoms with E-state index in [-0.39, 0.29) is 11.9 Å².